The van der Waals surface area contributed by atoms with E-state index in [4.69, 9.17) is 0 Å². The Morgan fingerprint density at radius 2 is 2.05 bits per heavy atom. The van der Waals surface area contributed by atoms with Crippen LogP contribution < -0.4 is 0 Å². The highest BCUT2D eigenvalue weighted by molar-refractivity contribution is 5.76. The first-order valence-corrected chi connectivity index (χ1v) is 7.05. The van der Waals surface area contributed by atoms with Crippen molar-refractivity contribution in [3.63, 3.8) is 0 Å². The molecule has 0 unspecified atom stereocenters. The fraction of sp³-hybridized carbons (Fsp3) is 0.500. The van der Waals surface area contributed by atoms with Crippen LogP contribution >= 0.6 is 0 Å². The number of hydrogen-bond donors (Lipinski definition) is 1. The Morgan fingerprint density at radius 1 is 1.29 bits per heavy atom. The van der Waals surface area contributed by atoms with Crippen LogP contribution in [0, 0.1) is 0 Å². The monoisotopic (exact) mass is 289 g/mol. The molecule has 0 atom stereocenters. The maximum absolute atomic E-state index is 11.7. The Bertz CT molecular complexity index is 592. The molecule has 2 rings (SSSR count). The number of aliphatic carboxylic acids is 1. The first-order chi connectivity index (χ1) is 10.1. The Balaban J connectivity index is 2.23. The van der Waals surface area contributed by atoms with E-state index in [9.17, 15) is 9.90 Å². The lowest BCUT2D eigenvalue weighted by Gasteiger charge is -2.27. The van der Waals surface area contributed by atoms with Gasteiger partial charge in [0.15, 0.2) is 11.4 Å². The number of tetrazole rings is 1. The lowest BCUT2D eigenvalue weighted by Crippen LogP contribution is -2.42. The van der Waals surface area contributed by atoms with Gasteiger partial charge in [-0.15, -0.1) is 5.10 Å². The van der Waals surface area contributed by atoms with Gasteiger partial charge in [-0.25, -0.2) is 9.48 Å². The summed E-state index contributed by atoms with van der Waals surface area (Å²) in [6, 6.07) is 5.71. The third kappa shape index (κ3) is 2.91. The molecule has 112 valence electrons. The zero-order chi connectivity index (χ0) is 15.3. The van der Waals surface area contributed by atoms with E-state index in [1.807, 2.05) is 32.0 Å². The third-order valence-electron chi connectivity index (χ3n) is 3.84. The van der Waals surface area contributed by atoms with Crippen molar-refractivity contribution >= 4 is 5.97 Å². The minimum atomic E-state index is -1.08. The summed E-state index contributed by atoms with van der Waals surface area (Å²) < 4.78 is 1.46. The van der Waals surface area contributed by atoms with Gasteiger partial charge >= 0.3 is 5.97 Å². The van der Waals surface area contributed by atoms with E-state index in [1.165, 1.54) is 4.68 Å². The molecule has 0 aliphatic carbocycles. The average molecular weight is 289 g/mol. The van der Waals surface area contributed by atoms with Crippen LogP contribution in [0.25, 0.3) is 0 Å². The van der Waals surface area contributed by atoms with Crippen molar-refractivity contribution in [2.75, 3.05) is 0 Å². The first-order valence-electron chi connectivity index (χ1n) is 7.05. The number of carboxylic acids is 1. The van der Waals surface area contributed by atoms with E-state index in [0.29, 0.717) is 31.5 Å². The summed E-state index contributed by atoms with van der Waals surface area (Å²) in [4.78, 5) is 15.9. The molecule has 0 aliphatic rings. The van der Waals surface area contributed by atoms with Crippen LogP contribution in [-0.4, -0.2) is 36.3 Å². The highest BCUT2D eigenvalue weighted by atomic mass is 16.4. The zero-order valence-electron chi connectivity index (χ0n) is 12.2. The SMILES string of the molecule is CCC(CC)(C(=O)O)n1nnnc1CCc1ccccn1. The van der Waals surface area contributed by atoms with Crippen molar-refractivity contribution in [1.29, 1.82) is 0 Å². The second-order valence-corrected chi connectivity index (χ2v) is 4.87. The van der Waals surface area contributed by atoms with Crippen LogP contribution in [0.1, 0.15) is 38.2 Å². The Morgan fingerprint density at radius 3 is 2.62 bits per heavy atom. The van der Waals surface area contributed by atoms with Crippen LogP contribution in [0.2, 0.25) is 0 Å². The van der Waals surface area contributed by atoms with Gasteiger partial charge in [0, 0.05) is 18.3 Å². The van der Waals surface area contributed by atoms with Crippen molar-refractivity contribution in [3.8, 4) is 0 Å². The molecule has 0 fully saturated rings. The molecule has 0 aliphatic heterocycles. The molecule has 0 aromatic carbocycles. The third-order valence-corrected chi connectivity index (χ3v) is 3.84. The van der Waals surface area contributed by atoms with Gasteiger partial charge in [0.2, 0.25) is 0 Å². The Labute approximate surface area is 123 Å². The summed E-state index contributed by atoms with van der Waals surface area (Å²) in [5.41, 5.74) is -0.149. The van der Waals surface area contributed by atoms with Gasteiger partial charge in [-0.2, -0.15) is 0 Å². The predicted molar refractivity (Wildman–Crippen MR) is 75.7 cm³/mol. The van der Waals surface area contributed by atoms with E-state index >= 15 is 0 Å². The molecule has 0 amide bonds. The second kappa shape index (κ2) is 6.43. The number of hydrogen-bond acceptors (Lipinski definition) is 5. The topological polar surface area (TPSA) is 93.8 Å². The first kappa shape index (κ1) is 15.1. The molecular formula is C14H19N5O2. The smallest absolute Gasteiger partial charge is 0.331 e. The van der Waals surface area contributed by atoms with Crippen LogP contribution in [0.3, 0.4) is 0 Å². The van der Waals surface area contributed by atoms with E-state index in [-0.39, 0.29) is 0 Å². The second-order valence-electron chi connectivity index (χ2n) is 4.87. The minimum absolute atomic E-state index is 0.431. The summed E-state index contributed by atoms with van der Waals surface area (Å²) in [6.45, 7) is 3.67. The normalized spacial score (nSPS) is 11.5. The van der Waals surface area contributed by atoms with Gasteiger partial charge in [0.1, 0.15) is 0 Å². The van der Waals surface area contributed by atoms with E-state index in [2.05, 4.69) is 20.5 Å². The molecular weight excluding hydrogens is 270 g/mol. The van der Waals surface area contributed by atoms with E-state index < -0.39 is 11.5 Å². The molecule has 7 nitrogen and oxygen atoms in total. The lowest BCUT2D eigenvalue weighted by atomic mass is 9.93. The summed E-state index contributed by atoms with van der Waals surface area (Å²) in [6.07, 6.45) is 3.82. The number of carbonyl (C=O) groups is 1. The standard InChI is InChI=1S/C14H19N5O2/c1-3-14(4-2,13(20)21)19-12(16-17-18-19)9-8-11-7-5-6-10-15-11/h5-7,10H,3-4,8-9H2,1-2H3,(H,20,21). The average Bonchev–Trinajstić information content (AvgIpc) is 2.97. The number of carboxylic acid groups (broad SMARTS) is 1. The fourth-order valence-corrected chi connectivity index (χ4v) is 2.42. The summed E-state index contributed by atoms with van der Waals surface area (Å²) in [7, 11) is 0. The zero-order valence-corrected chi connectivity index (χ0v) is 12.2. The quantitative estimate of drug-likeness (QED) is 0.829. The van der Waals surface area contributed by atoms with Gasteiger partial charge in [0.25, 0.3) is 0 Å². The molecule has 0 bridgehead atoms. The van der Waals surface area contributed by atoms with Gasteiger partial charge in [-0.3, -0.25) is 4.98 Å². The Hall–Kier alpha value is -2.31. The molecule has 0 spiro atoms. The molecule has 0 saturated heterocycles. The van der Waals surface area contributed by atoms with Gasteiger partial charge in [-0.1, -0.05) is 19.9 Å². The number of pyridine rings is 1. The maximum Gasteiger partial charge on any atom is 0.331 e. The van der Waals surface area contributed by atoms with Crippen LogP contribution in [-0.2, 0) is 23.2 Å². The van der Waals surface area contributed by atoms with E-state index in [1.54, 1.807) is 6.20 Å². The lowest BCUT2D eigenvalue weighted by molar-refractivity contribution is -0.148. The van der Waals surface area contributed by atoms with Crippen LogP contribution in [0.5, 0.6) is 0 Å². The minimum Gasteiger partial charge on any atom is -0.479 e. The number of nitrogens with zero attached hydrogens (tertiary/aromatic N) is 5. The van der Waals surface area contributed by atoms with Crippen LogP contribution in [0.15, 0.2) is 24.4 Å². The number of aryl methyl sites for hydroxylation is 2. The molecule has 2 heterocycles. The number of aromatic nitrogens is 5. The van der Waals surface area contributed by atoms with Gasteiger partial charge in [0.05, 0.1) is 0 Å². The molecule has 0 radical (unpaired) electrons. The van der Waals surface area contributed by atoms with Crippen molar-refractivity contribution in [2.24, 2.45) is 0 Å². The summed E-state index contributed by atoms with van der Waals surface area (Å²) in [5.74, 6) is -0.328. The van der Waals surface area contributed by atoms with Gasteiger partial charge in [-0.05, 0) is 41.8 Å². The molecule has 0 saturated carbocycles. The fourth-order valence-electron chi connectivity index (χ4n) is 2.42. The van der Waals surface area contributed by atoms with Gasteiger partial charge < -0.3 is 5.11 Å². The molecule has 7 heteroatoms. The predicted octanol–water partition coefficient (Wildman–Crippen LogP) is 1.45. The number of rotatable bonds is 7. The van der Waals surface area contributed by atoms with Crippen LogP contribution in [0.4, 0.5) is 0 Å². The molecule has 21 heavy (non-hydrogen) atoms. The summed E-state index contributed by atoms with van der Waals surface area (Å²) in [5, 5.41) is 21.1. The van der Waals surface area contributed by atoms with Crippen molar-refractivity contribution in [1.82, 2.24) is 25.2 Å². The van der Waals surface area contributed by atoms with Crippen molar-refractivity contribution < 1.29 is 9.90 Å². The Kier molecular flexibility index (Phi) is 4.62. The molecule has 2 aromatic heterocycles. The highest BCUT2D eigenvalue weighted by Crippen LogP contribution is 2.26. The maximum atomic E-state index is 11.7. The molecule has 2 aromatic rings. The van der Waals surface area contributed by atoms with Crippen molar-refractivity contribution in [3.05, 3.63) is 35.9 Å². The highest BCUT2D eigenvalue weighted by Gasteiger charge is 2.40. The van der Waals surface area contributed by atoms with E-state index in [0.717, 1.165) is 5.69 Å². The largest absolute Gasteiger partial charge is 0.479 e. The summed E-state index contributed by atoms with van der Waals surface area (Å²) >= 11 is 0. The molecule has 1 N–H and O–H groups in total. The van der Waals surface area contributed by atoms with Crippen molar-refractivity contribution in [2.45, 2.75) is 45.1 Å².